The first kappa shape index (κ1) is 13.1. The van der Waals surface area contributed by atoms with Gasteiger partial charge in [-0.1, -0.05) is 24.3 Å². The number of rotatable bonds is 4. The van der Waals surface area contributed by atoms with Crippen LogP contribution >= 0.6 is 0 Å². The zero-order valence-electron chi connectivity index (χ0n) is 11.8. The van der Waals surface area contributed by atoms with Crippen LogP contribution in [0.5, 0.6) is 0 Å². The predicted molar refractivity (Wildman–Crippen MR) is 77.1 cm³/mol. The van der Waals surface area contributed by atoms with E-state index in [1.807, 2.05) is 0 Å². The van der Waals surface area contributed by atoms with Crippen LogP contribution in [0.3, 0.4) is 0 Å². The Labute approximate surface area is 115 Å². The second-order valence-electron chi connectivity index (χ2n) is 6.03. The lowest BCUT2D eigenvalue weighted by atomic mass is 9.88. The highest BCUT2D eigenvalue weighted by molar-refractivity contribution is 5.36. The molecule has 2 N–H and O–H groups in total. The van der Waals surface area contributed by atoms with Crippen molar-refractivity contribution in [3.05, 3.63) is 35.4 Å². The summed E-state index contributed by atoms with van der Waals surface area (Å²) >= 11 is 0. The van der Waals surface area contributed by atoms with E-state index in [-0.39, 0.29) is 11.5 Å². The molecule has 0 radical (unpaired) electrons. The molecule has 0 bridgehead atoms. The quantitative estimate of drug-likeness (QED) is 0.898. The largest absolute Gasteiger partial charge is 0.379 e. The van der Waals surface area contributed by atoms with Gasteiger partial charge < -0.3 is 10.5 Å². The van der Waals surface area contributed by atoms with Gasteiger partial charge in [0, 0.05) is 31.1 Å². The van der Waals surface area contributed by atoms with E-state index < -0.39 is 0 Å². The monoisotopic (exact) mass is 260 g/mol. The molecule has 1 aliphatic heterocycles. The number of nitrogens with zero attached hydrogens (tertiary/aromatic N) is 1. The van der Waals surface area contributed by atoms with Gasteiger partial charge in [0.05, 0.1) is 13.2 Å². The molecule has 0 amide bonds. The highest BCUT2D eigenvalue weighted by Gasteiger charge is 2.47. The average Bonchev–Trinajstić information content (AvgIpc) is 3.22. The summed E-state index contributed by atoms with van der Waals surface area (Å²) in [7, 11) is 0. The van der Waals surface area contributed by atoms with Gasteiger partial charge in [-0.3, -0.25) is 4.90 Å². The number of nitrogens with two attached hydrogens (primary N) is 1. The minimum absolute atomic E-state index is 0.256. The van der Waals surface area contributed by atoms with Crippen molar-refractivity contribution < 1.29 is 4.74 Å². The summed E-state index contributed by atoms with van der Waals surface area (Å²) in [6.45, 7) is 6.99. The van der Waals surface area contributed by atoms with Gasteiger partial charge in [0.2, 0.25) is 0 Å². The molecule has 1 unspecified atom stereocenters. The van der Waals surface area contributed by atoms with Crippen LogP contribution in [0.25, 0.3) is 0 Å². The zero-order valence-corrected chi connectivity index (χ0v) is 11.8. The molecule has 1 heterocycles. The van der Waals surface area contributed by atoms with Crippen LogP contribution in [0.15, 0.2) is 24.3 Å². The van der Waals surface area contributed by atoms with Crippen LogP contribution in [-0.2, 0) is 16.7 Å². The Hall–Kier alpha value is -0.900. The zero-order chi connectivity index (χ0) is 13.3. The molecule has 3 heteroatoms. The first-order valence-corrected chi connectivity index (χ1v) is 7.36. The van der Waals surface area contributed by atoms with Crippen LogP contribution in [0.4, 0.5) is 0 Å². The Kier molecular flexibility index (Phi) is 3.61. The first-order valence-electron chi connectivity index (χ1n) is 7.36. The van der Waals surface area contributed by atoms with Crippen molar-refractivity contribution in [2.75, 3.05) is 26.3 Å². The fraction of sp³-hybridized carbons (Fsp3) is 0.625. The van der Waals surface area contributed by atoms with E-state index >= 15 is 0 Å². The highest BCUT2D eigenvalue weighted by atomic mass is 16.5. The topological polar surface area (TPSA) is 38.5 Å². The van der Waals surface area contributed by atoms with Crippen molar-refractivity contribution in [1.29, 1.82) is 0 Å². The molecule has 1 saturated heterocycles. The van der Waals surface area contributed by atoms with E-state index in [1.54, 1.807) is 0 Å². The molecule has 3 nitrogen and oxygen atoms in total. The van der Waals surface area contributed by atoms with Gasteiger partial charge >= 0.3 is 0 Å². The second-order valence-corrected chi connectivity index (χ2v) is 6.03. The summed E-state index contributed by atoms with van der Waals surface area (Å²) in [6, 6.07) is 9.29. The van der Waals surface area contributed by atoms with Crippen molar-refractivity contribution in [3.63, 3.8) is 0 Å². The summed E-state index contributed by atoms with van der Waals surface area (Å²) in [5, 5.41) is 0. The molecule has 104 valence electrons. The van der Waals surface area contributed by atoms with E-state index in [4.69, 9.17) is 10.5 Å². The maximum atomic E-state index is 6.17. The molecule has 1 aromatic carbocycles. The van der Waals surface area contributed by atoms with E-state index in [0.29, 0.717) is 0 Å². The molecule has 1 aromatic rings. The van der Waals surface area contributed by atoms with Crippen LogP contribution in [0.1, 0.15) is 30.9 Å². The number of hydrogen-bond acceptors (Lipinski definition) is 3. The van der Waals surface area contributed by atoms with Crippen molar-refractivity contribution in [1.82, 2.24) is 4.90 Å². The maximum Gasteiger partial charge on any atom is 0.0594 e. The molecular weight excluding hydrogens is 236 g/mol. The lowest BCUT2D eigenvalue weighted by molar-refractivity contribution is 0.0342. The van der Waals surface area contributed by atoms with E-state index in [2.05, 4.69) is 36.1 Å². The SMILES string of the molecule is CC(N)C1(c2cccc(CN3CCOCC3)c2)CC1. The molecule has 3 rings (SSSR count). The Morgan fingerprint density at radius 1 is 1.32 bits per heavy atom. The van der Waals surface area contributed by atoms with Gasteiger partial charge in [-0.25, -0.2) is 0 Å². The van der Waals surface area contributed by atoms with Crippen molar-refractivity contribution in [2.45, 2.75) is 37.8 Å². The number of benzene rings is 1. The van der Waals surface area contributed by atoms with Crippen LogP contribution in [0, 0.1) is 0 Å². The molecule has 0 spiro atoms. The summed E-state index contributed by atoms with van der Waals surface area (Å²) in [5.74, 6) is 0. The summed E-state index contributed by atoms with van der Waals surface area (Å²) < 4.78 is 5.40. The van der Waals surface area contributed by atoms with E-state index in [0.717, 1.165) is 32.8 Å². The molecule has 19 heavy (non-hydrogen) atoms. The Bertz CT molecular complexity index is 434. The normalized spacial score (nSPS) is 24.1. The highest BCUT2D eigenvalue weighted by Crippen LogP contribution is 2.50. The van der Waals surface area contributed by atoms with E-state index in [9.17, 15) is 0 Å². The van der Waals surface area contributed by atoms with Gasteiger partial charge in [-0.15, -0.1) is 0 Å². The van der Waals surface area contributed by atoms with Crippen LogP contribution in [0.2, 0.25) is 0 Å². The lowest BCUT2D eigenvalue weighted by Crippen LogP contribution is -2.36. The minimum atomic E-state index is 0.256. The number of morpholine rings is 1. The standard InChI is InChI=1S/C16H24N2O/c1-13(17)16(5-6-16)15-4-2-3-14(11-15)12-18-7-9-19-10-8-18/h2-4,11,13H,5-10,12,17H2,1H3. The lowest BCUT2D eigenvalue weighted by Gasteiger charge is -2.27. The summed E-state index contributed by atoms with van der Waals surface area (Å²) in [6.07, 6.45) is 2.48. The van der Waals surface area contributed by atoms with Crippen molar-refractivity contribution >= 4 is 0 Å². The van der Waals surface area contributed by atoms with Crippen molar-refractivity contribution in [3.8, 4) is 0 Å². The first-order chi connectivity index (χ1) is 9.21. The van der Waals surface area contributed by atoms with Gasteiger partial charge in [0.15, 0.2) is 0 Å². The van der Waals surface area contributed by atoms with Gasteiger partial charge in [-0.05, 0) is 30.9 Å². The minimum Gasteiger partial charge on any atom is -0.379 e. The Morgan fingerprint density at radius 2 is 2.05 bits per heavy atom. The number of hydrogen-bond donors (Lipinski definition) is 1. The third-order valence-corrected chi connectivity index (χ3v) is 4.67. The Morgan fingerprint density at radius 3 is 2.68 bits per heavy atom. The predicted octanol–water partition coefficient (Wildman–Crippen LogP) is 1.90. The second kappa shape index (κ2) is 5.23. The molecule has 1 saturated carbocycles. The molecule has 1 aliphatic carbocycles. The van der Waals surface area contributed by atoms with Crippen LogP contribution in [-0.4, -0.2) is 37.2 Å². The fourth-order valence-corrected chi connectivity index (χ4v) is 3.14. The van der Waals surface area contributed by atoms with Gasteiger partial charge in [0.25, 0.3) is 0 Å². The third kappa shape index (κ3) is 2.69. The third-order valence-electron chi connectivity index (χ3n) is 4.67. The fourth-order valence-electron chi connectivity index (χ4n) is 3.14. The van der Waals surface area contributed by atoms with Gasteiger partial charge in [-0.2, -0.15) is 0 Å². The molecule has 2 aliphatic rings. The molecular formula is C16H24N2O. The van der Waals surface area contributed by atoms with Gasteiger partial charge in [0.1, 0.15) is 0 Å². The number of ether oxygens (including phenoxy) is 1. The average molecular weight is 260 g/mol. The summed E-state index contributed by atoms with van der Waals surface area (Å²) in [5.41, 5.74) is 9.28. The molecule has 1 atom stereocenters. The van der Waals surface area contributed by atoms with Crippen LogP contribution < -0.4 is 5.73 Å². The van der Waals surface area contributed by atoms with Crippen molar-refractivity contribution in [2.24, 2.45) is 5.73 Å². The summed E-state index contributed by atoms with van der Waals surface area (Å²) in [4.78, 5) is 2.47. The van der Waals surface area contributed by atoms with E-state index in [1.165, 1.54) is 24.0 Å². The maximum absolute atomic E-state index is 6.17. The molecule has 2 fully saturated rings. The Balaban J connectivity index is 1.73. The molecule has 0 aromatic heterocycles. The smallest absolute Gasteiger partial charge is 0.0594 e.